The van der Waals surface area contributed by atoms with E-state index in [2.05, 4.69) is 21.2 Å². The van der Waals surface area contributed by atoms with Crippen LogP contribution in [0, 0.1) is 0 Å². The number of rotatable bonds is 3. The van der Waals surface area contributed by atoms with Crippen LogP contribution in [-0.4, -0.2) is 45.8 Å². The molecule has 2 rings (SSSR count). The second-order valence-corrected chi connectivity index (χ2v) is 5.50. The van der Waals surface area contributed by atoms with Crippen LogP contribution in [0.3, 0.4) is 0 Å². The van der Waals surface area contributed by atoms with E-state index in [0.29, 0.717) is 6.54 Å². The highest BCUT2D eigenvalue weighted by molar-refractivity contribution is 9.10. The van der Waals surface area contributed by atoms with Crippen molar-refractivity contribution in [1.29, 1.82) is 0 Å². The molecule has 20 heavy (non-hydrogen) atoms. The zero-order valence-electron chi connectivity index (χ0n) is 10.6. The number of halogens is 1. The number of urea groups is 1. The first kappa shape index (κ1) is 14.8. The zero-order chi connectivity index (χ0) is 14.7. The lowest BCUT2D eigenvalue weighted by Crippen LogP contribution is -2.45. The third-order valence-corrected chi connectivity index (χ3v) is 3.99. The van der Waals surface area contributed by atoms with Crippen LogP contribution in [0.15, 0.2) is 28.7 Å². The van der Waals surface area contributed by atoms with Crippen molar-refractivity contribution >= 4 is 27.9 Å². The Hall–Kier alpha value is -1.60. The summed E-state index contributed by atoms with van der Waals surface area (Å²) in [6.07, 6.45) is -0.720. The fourth-order valence-electron chi connectivity index (χ4n) is 2.19. The number of aliphatic hydroxyl groups is 1. The molecule has 0 radical (unpaired) electrons. The maximum Gasteiger partial charge on any atom is 0.326 e. The zero-order valence-corrected chi connectivity index (χ0v) is 12.2. The van der Waals surface area contributed by atoms with Crippen molar-refractivity contribution in [3.8, 4) is 0 Å². The Bertz CT molecular complexity index is 523. The number of nitrogens with one attached hydrogen (secondary N) is 1. The predicted octanol–water partition coefficient (Wildman–Crippen LogP) is 1.18. The van der Waals surface area contributed by atoms with Gasteiger partial charge in [0.2, 0.25) is 0 Å². The van der Waals surface area contributed by atoms with Gasteiger partial charge in [0.15, 0.2) is 0 Å². The quantitative estimate of drug-likeness (QED) is 0.769. The molecule has 0 bridgehead atoms. The van der Waals surface area contributed by atoms with Crippen LogP contribution in [0.2, 0.25) is 0 Å². The number of hydrogen-bond acceptors (Lipinski definition) is 3. The van der Waals surface area contributed by atoms with Crippen molar-refractivity contribution in [3.63, 3.8) is 0 Å². The molecule has 2 amide bonds. The SMILES string of the molecule is O=C(O)[C@@H]1C[C@H](O)CN1C(=O)NCc1ccccc1Br. The van der Waals surface area contributed by atoms with E-state index in [4.69, 9.17) is 5.11 Å². The number of carbonyl (C=O) groups is 2. The molecule has 3 N–H and O–H groups in total. The molecule has 0 unspecified atom stereocenters. The second-order valence-electron chi connectivity index (χ2n) is 4.65. The molecule has 7 heteroatoms. The molecule has 0 saturated carbocycles. The van der Waals surface area contributed by atoms with Gasteiger partial charge in [0.05, 0.1) is 6.10 Å². The summed E-state index contributed by atoms with van der Waals surface area (Å²) in [4.78, 5) is 24.2. The van der Waals surface area contributed by atoms with Crippen LogP contribution < -0.4 is 5.32 Å². The Kier molecular flexibility index (Phi) is 4.61. The standard InChI is InChI=1S/C13H15BrN2O4/c14-10-4-2-1-3-8(10)6-15-13(20)16-7-9(17)5-11(16)12(18)19/h1-4,9,11,17H,5-7H2,(H,15,20)(H,18,19)/t9-,11-/m0/s1. The van der Waals surface area contributed by atoms with Crippen LogP contribution in [0.5, 0.6) is 0 Å². The Morgan fingerprint density at radius 1 is 1.40 bits per heavy atom. The number of aliphatic hydroxyl groups excluding tert-OH is 1. The van der Waals surface area contributed by atoms with Crippen molar-refractivity contribution in [2.24, 2.45) is 0 Å². The van der Waals surface area contributed by atoms with Gasteiger partial charge in [-0.25, -0.2) is 9.59 Å². The number of carboxylic acids is 1. The maximum atomic E-state index is 12.0. The number of likely N-dealkylation sites (tertiary alicyclic amines) is 1. The van der Waals surface area contributed by atoms with E-state index < -0.39 is 24.1 Å². The van der Waals surface area contributed by atoms with E-state index in [1.165, 1.54) is 0 Å². The molecule has 1 aromatic rings. The normalized spacial score (nSPS) is 21.8. The van der Waals surface area contributed by atoms with Crippen LogP contribution >= 0.6 is 15.9 Å². The van der Waals surface area contributed by atoms with Crippen molar-refractivity contribution in [3.05, 3.63) is 34.3 Å². The number of carboxylic acid groups (broad SMARTS) is 1. The Balaban J connectivity index is 1.98. The summed E-state index contributed by atoms with van der Waals surface area (Å²) in [5.74, 6) is -1.10. The highest BCUT2D eigenvalue weighted by Crippen LogP contribution is 2.19. The Morgan fingerprint density at radius 2 is 2.10 bits per heavy atom. The molecule has 1 aromatic carbocycles. The van der Waals surface area contributed by atoms with Gasteiger partial charge in [-0.05, 0) is 11.6 Å². The van der Waals surface area contributed by atoms with Crippen LogP contribution in [0.25, 0.3) is 0 Å². The Morgan fingerprint density at radius 3 is 2.75 bits per heavy atom. The number of nitrogens with zero attached hydrogens (tertiary/aromatic N) is 1. The van der Waals surface area contributed by atoms with Gasteiger partial charge >= 0.3 is 12.0 Å². The molecule has 1 heterocycles. The van der Waals surface area contributed by atoms with E-state index >= 15 is 0 Å². The lowest BCUT2D eigenvalue weighted by atomic mass is 10.2. The van der Waals surface area contributed by atoms with E-state index in [0.717, 1.165) is 14.9 Å². The van der Waals surface area contributed by atoms with Crippen molar-refractivity contribution in [1.82, 2.24) is 10.2 Å². The number of carbonyl (C=O) groups excluding carboxylic acids is 1. The molecule has 2 atom stereocenters. The average Bonchev–Trinajstić information content (AvgIpc) is 2.80. The third-order valence-electron chi connectivity index (χ3n) is 3.21. The monoisotopic (exact) mass is 342 g/mol. The van der Waals surface area contributed by atoms with E-state index in [-0.39, 0.29) is 13.0 Å². The second kappa shape index (κ2) is 6.23. The van der Waals surface area contributed by atoms with Crippen molar-refractivity contribution < 1.29 is 19.8 Å². The van der Waals surface area contributed by atoms with Crippen molar-refractivity contribution in [2.45, 2.75) is 25.1 Å². The molecule has 6 nitrogen and oxygen atoms in total. The number of amides is 2. The van der Waals surface area contributed by atoms with Crippen LogP contribution in [0.1, 0.15) is 12.0 Å². The highest BCUT2D eigenvalue weighted by Gasteiger charge is 2.38. The lowest BCUT2D eigenvalue weighted by molar-refractivity contribution is -0.141. The molecular formula is C13H15BrN2O4. The van der Waals surface area contributed by atoms with Gasteiger partial charge in [-0.3, -0.25) is 0 Å². The first-order valence-corrected chi connectivity index (χ1v) is 6.97. The van der Waals surface area contributed by atoms with Gasteiger partial charge in [-0.1, -0.05) is 34.1 Å². The highest BCUT2D eigenvalue weighted by atomic mass is 79.9. The first-order valence-electron chi connectivity index (χ1n) is 6.17. The smallest absolute Gasteiger partial charge is 0.326 e. The number of aliphatic carboxylic acids is 1. The molecule has 0 aromatic heterocycles. The van der Waals surface area contributed by atoms with Gasteiger partial charge in [0, 0.05) is 24.0 Å². The largest absolute Gasteiger partial charge is 0.480 e. The number of benzene rings is 1. The first-order chi connectivity index (χ1) is 9.49. The average molecular weight is 343 g/mol. The molecule has 1 fully saturated rings. The van der Waals surface area contributed by atoms with E-state index in [1.807, 2.05) is 24.3 Å². The summed E-state index contributed by atoms with van der Waals surface area (Å²) in [6.45, 7) is 0.331. The van der Waals surface area contributed by atoms with E-state index in [1.54, 1.807) is 0 Å². The molecule has 1 aliphatic heterocycles. The third kappa shape index (κ3) is 3.29. The van der Waals surface area contributed by atoms with Gasteiger partial charge in [-0.15, -0.1) is 0 Å². The molecule has 1 saturated heterocycles. The van der Waals surface area contributed by atoms with Crippen LogP contribution in [0.4, 0.5) is 4.79 Å². The number of β-amino-alcohol motifs (C(OH)–C–C–N with tert-alkyl or cyclic N) is 1. The molecule has 0 spiro atoms. The molecular weight excluding hydrogens is 328 g/mol. The van der Waals surface area contributed by atoms with Gasteiger partial charge in [0.25, 0.3) is 0 Å². The summed E-state index contributed by atoms with van der Waals surface area (Å²) in [7, 11) is 0. The summed E-state index contributed by atoms with van der Waals surface area (Å²) >= 11 is 3.38. The fraction of sp³-hybridized carbons (Fsp3) is 0.385. The van der Waals surface area contributed by atoms with Gasteiger partial charge in [0.1, 0.15) is 6.04 Å². The Labute approximate surface area is 124 Å². The van der Waals surface area contributed by atoms with Gasteiger partial charge < -0.3 is 20.4 Å². The van der Waals surface area contributed by atoms with Gasteiger partial charge in [-0.2, -0.15) is 0 Å². The predicted molar refractivity (Wildman–Crippen MR) is 75.1 cm³/mol. The summed E-state index contributed by atoms with van der Waals surface area (Å²) in [6, 6.07) is 5.99. The summed E-state index contributed by atoms with van der Waals surface area (Å²) in [5.41, 5.74) is 0.896. The minimum Gasteiger partial charge on any atom is -0.480 e. The molecule has 1 aliphatic rings. The minimum atomic E-state index is -1.10. The topological polar surface area (TPSA) is 89.9 Å². The maximum absolute atomic E-state index is 12.0. The summed E-state index contributed by atoms with van der Waals surface area (Å²) in [5, 5.41) is 21.2. The van der Waals surface area contributed by atoms with Crippen molar-refractivity contribution in [2.75, 3.05) is 6.54 Å². The lowest BCUT2D eigenvalue weighted by Gasteiger charge is -2.21. The van der Waals surface area contributed by atoms with Crippen LogP contribution in [-0.2, 0) is 11.3 Å². The minimum absolute atomic E-state index is 0.0404. The number of hydrogen-bond donors (Lipinski definition) is 3. The molecule has 0 aliphatic carbocycles. The van der Waals surface area contributed by atoms with E-state index in [9.17, 15) is 14.7 Å². The fourth-order valence-corrected chi connectivity index (χ4v) is 2.61. The molecule has 108 valence electrons. The summed E-state index contributed by atoms with van der Waals surface area (Å²) < 4.78 is 0.872.